The molecule has 0 saturated heterocycles. The normalized spacial score (nSPS) is 11.9. The largest absolute Gasteiger partial charge is 0.469 e. The molecule has 0 saturated carbocycles. The van der Waals surface area contributed by atoms with Gasteiger partial charge in [-0.3, -0.25) is 9.79 Å². The predicted octanol–water partition coefficient (Wildman–Crippen LogP) is 3.25. The summed E-state index contributed by atoms with van der Waals surface area (Å²) in [7, 11) is 3.23. The molecular formula is C20H33N3O2. The summed E-state index contributed by atoms with van der Waals surface area (Å²) in [5.41, 5.74) is 1.34. The third-order valence-electron chi connectivity index (χ3n) is 4.30. The molecule has 5 nitrogen and oxygen atoms in total. The van der Waals surface area contributed by atoms with Gasteiger partial charge in [0.05, 0.1) is 7.11 Å². The fourth-order valence-electron chi connectivity index (χ4n) is 2.57. The number of benzene rings is 1. The van der Waals surface area contributed by atoms with Crippen LogP contribution in [-0.2, 0) is 14.9 Å². The van der Waals surface area contributed by atoms with E-state index in [1.165, 1.54) is 12.7 Å². The fourth-order valence-corrected chi connectivity index (χ4v) is 2.57. The lowest BCUT2D eigenvalue weighted by atomic mass is 9.85. The van der Waals surface area contributed by atoms with Crippen LogP contribution in [0.2, 0.25) is 0 Å². The molecule has 1 rings (SSSR count). The summed E-state index contributed by atoms with van der Waals surface area (Å²) in [5.74, 6) is 0.710. The number of rotatable bonds is 10. The van der Waals surface area contributed by atoms with Gasteiger partial charge in [-0.1, -0.05) is 57.0 Å². The molecule has 140 valence electrons. The molecule has 1 aromatic carbocycles. The molecule has 0 spiro atoms. The van der Waals surface area contributed by atoms with Crippen LogP contribution in [-0.4, -0.2) is 39.2 Å². The van der Waals surface area contributed by atoms with Crippen molar-refractivity contribution >= 4 is 11.9 Å². The van der Waals surface area contributed by atoms with Crippen LogP contribution in [0, 0.1) is 0 Å². The molecule has 0 aromatic heterocycles. The molecule has 0 radical (unpaired) electrons. The van der Waals surface area contributed by atoms with Crippen molar-refractivity contribution in [3.8, 4) is 0 Å². The lowest BCUT2D eigenvalue weighted by Crippen LogP contribution is -2.43. The first-order valence-electron chi connectivity index (χ1n) is 9.06. The standard InChI is InChI=1S/C20H33N3O2/c1-20(2,17-12-8-7-9-13-17)16-23-19(21-3)22-15-11-6-5-10-14-18(24)25-4/h7-9,12-13H,5-6,10-11,14-16H2,1-4H3,(H2,21,22,23). The highest BCUT2D eigenvalue weighted by Gasteiger charge is 2.20. The van der Waals surface area contributed by atoms with Gasteiger partial charge >= 0.3 is 5.97 Å². The van der Waals surface area contributed by atoms with Crippen LogP contribution >= 0.6 is 0 Å². The summed E-state index contributed by atoms with van der Waals surface area (Å²) in [4.78, 5) is 15.3. The van der Waals surface area contributed by atoms with Crippen molar-refractivity contribution in [2.75, 3.05) is 27.2 Å². The first-order valence-corrected chi connectivity index (χ1v) is 9.06. The molecule has 1 aromatic rings. The number of carbonyl (C=O) groups excluding carboxylic acids is 1. The Bertz CT molecular complexity index is 527. The molecule has 0 unspecified atom stereocenters. The highest BCUT2D eigenvalue weighted by atomic mass is 16.5. The van der Waals surface area contributed by atoms with Crippen LogP contribution in [0.15, 0.2) is 35.3 Å². The second-order valence-corrected chi connectivity index (χ2v) is 6.84. The molecule has 0 atom stereocenters. The van der Waals surface area contributed by atoms with E-state index >= 15 is 0 Å². The summed E-state index contributed by atoms with van der Waals surface area (Å²) in [6.07, 6.45) is 4.61. The van der Waals surface area contributed by atoms with Crippen molar-refractivity contribution in [2.24, 2.45) is 4.99 Å². The molecule has 0 heterocycles. The maximum atomic E-state index is 11.0. The van der Waals surface area contributed by atoms with Gasteiger partial charge < -0.3 is 15.4 Å². The third-order valence-corrected chi connectivity index (χ3v) is 4.30. The van der Waals surface area contributed by atoms with E-state index in [1.54, 1.807) is 7.05 Å². The lowest BCUT2D eigenvalue weighted by molar-refractivity contribution is -0.140. The number of unbranched alkanes of at least 4 members (excludes halogenated alkanes) is 3. The lowest BCUT2D eigenvalue weighted by Gasteiger charge is -2.26. The fraction of sp³-hybridized carbons (Fsp3) is 0.600. The van der Waals surface area contributed by atoms with E-state index in [9.17, 15) is 4.79 Å². The zero-order chi connectivity index (χ0) is 18.5. The van der Waals surface area contributed by atoms with Gasteiger partial charge in [0.25, 0.3) is 0 Å². The quantitative estimate of drug-likeness (QED) is 0.295. The molecular weight excluding hydrogens is 314 g/mol. The van der Waals surface area contributed by atoms with Crippen LogP contribution in [0.3, 0.4) is 0 Å². The monoisotopic (exact) mass is 347 g/mol. The number of nitrogens with zero attached hydrogens (tertiary/aromatic N) is 1. The smallest absolute Gasteiger partial charge is 0.305 e. The van der Waals surface area contributed by atoms with Gasteiger partial charge in [-0.25, -0.2) is 0 Å². The minimum Gasteiger partial charge on any atom is -0.469 e. The van der Waals surface area contributed by atoms with Crippen LogP contribution in [0.4, 0.5) is 0 Å². The molecule has 0 aliphatic carbocycles. The number of carbonyl (C=O) groups is 1. The Morgan fingerprint density at radius 3 is 2.40 bits per heavy atom. The van der Waals surface area contributed by atoms with Gasteiger partial charge in [-0.2, -0.15) is 0 Å². The number of esters is 1. The number of ether oxygens (including phenoxy) is 1. The van der Waals surface area contributed by atoms with Gasteiger partial charge in [0, 0.05) is 32.0 Å². The van der Waals surface area contributed by atoms with E-state index in [2.05, 4.69) is 58.5 Å². The molecule has 0 aliphatic rings. The van der Waals surface area contributed by atoms with Crippen molar-refractivity contribution in [2.45, 2.75) is 51.4 Å². The van der Waals surface area contributed by atoms with Crippen molar-refractivity contribution in [1.29, 1.82) is 0 Å². The average Bonchev–Trinajstić information content (AvgIpc) is 2.63. The predicted molar refractivity (Wildman–Crippen MR) is 104 cm³/mol. The zero-order valence-corrected chi connectivity index (χ0v) is 16.1. The molecule has 0 aliphatic heterocycles. The van der Waals surface area contributed by atoms with Gasteiger partial charge in [0.1, 0.15) is 0 Å². The summed E-state index contributed by atoms with van der Waals surface area (Å²) in [6, 6.07) is 10.5. The zero-order valence-electron chi connectivity index (χ0n) is 16.1. The van der Waals surface area contributed by atoms with Crippen molar-refractivity contribution in [3.63, 3.8) is 0 Å². The summed E-state index contributed by atoms with van der Waals surface area (Å²) < 4.78 is 4.63. The van der Waals surface area contributed by atoms with Crippen LogP contribution in [0.25, 0.3) is 0 Å². The Kier molecular flexibility index (Phi) is 9.66. The third kappa shape index (κ3) is 8.57. The first kappa shape index (κ1) is 21.0. The van der Waals surface area contributed by atoms with E-state index < -0.39 is 0 Å². The number of aliphatic imine (C=N–C) groups is 1. The average molecular weight is 348 g/mol. The van der Waals surface area contributed by atoms with Crippen molar-refractivity contribution in [1.82, 2.24) is 10.6 Å². The number of hydrogen-bond acceptors (Lipinski definition) is 3. The number of nitrogens with one attached hydrogen (secondary N) is 2. The number of hydrogen-bond donors (Lipinski definition) is 2. The van der Waals surface area contributed by atoms with E-state index in [0.29, 0.717) is 6.42 Å². The van der Waals surface area contributed by atoms with E-state index in [1.807, 2.05) is 6.07 Å². The Balaban J connectivity index is 2.21. The highest BCUT2D eigenvalue weighted by Crippen LogP contribution is 2.21. The van der Waals surface area contributed by atoms with Crippen molar-refractivity contribution < 1.29 is 9.53 Å². The minimum absolute atomic E-state index is 0.0345. The van der Waals surface area contributed by atoms with E-state index in [0.717, 1.165) is 44.7 Å². The van der Waals surface area contributed by atoms with Gasteiger partial charge in [0.2, 0.25) is 0 Å². The molecule has 0 amide bonds. The molecule has 25 heavy (non-hydrogen) atoms. The summed E-state index contributed by atoms with van der Waals surface area (Å²) in [6.45, 7) is 6.15. The summed E-state index contributed by atoms with van der Waals surface area (Å²) in [5, 5.41) is 6.76. The second-order valence-electron chi connectivity index (χ2n) is 6.84. The molecule has 5 heteroatoms. The molecule has 0 bridgehead atoms. The molecule has 0 fully saturated rings. The summed E-state index contributed by atoms with van der Waals surface area (Å²) >= 11 is 0. The Hall–Kier alpha value is -2.04. The maximum absolute atomic E-state index is 11.0. The van der Waals surface area contributed by atoms with Crippen LogP contribution in [0.5, 0.6) is 0 Å². The Morgan fingerprint density at radius 2 is 1.76 bits per heavy atom. The first-order chi connectivity index (χ1) is 12.0. The van der Waals surface area contributed by atoms with Crippen molar-refractivity contribution in [3.05, 3.63) is 35.9 Å². The Labute approximate surface area is 152 Å². The SMILES string of the molecule is CN=C(NCCCCCCC(=O)OC)NCC(C)(C)c1ccccc1. The Morgan fingerprint density at radius 1 is 1.08 bits per heavy atom. The topological polar surface area (TPSA) is 62.7 Å². The highest BCUT2D eigenvalue weighted by molar-refractivity contribution is 5.79. The number of methoxy groups -OCH3 is 1. The number of guanidine groups is 1. The van der Waals surface area contributed by atoms with Crippen LogP contribution in [0.1, 0.15) is 51.5 Å². The van der Waals surface area contributed by atoms with Gasteiger partial charge in [-0.05, 0) is 18.4 Å². The molecule has 2 N–H and O–H groups in total. The maximum Gasteiger partial charge on any atom is 0.305 e. The van der Waals surface area contributed by atoms with Gasteiger partial charge in [0.15, 0.2) is 5.96 Å². The minimum atomic E-state index is -0.122. The van der Waals surface area contributed by atoms with E-state index in [4.69, 9.17) is 0 Å². The van der Waals surface area contributed by atoms with E-state index in [-0.39, 0.29) is 11.4 Å². The van der Waals surface area contributed by atoms with Gasteiger partial charge in [-0.15, -0.1) is 0 Å². The second kappa shape index (κ2) is 11.5. The van der Waals surface area contributed by atoms with Crippen LogP contribution < -0.4 is 10.6 Å².